The molecular weight excluding hydrogens is 282 g/mol. The molecule has 0 fully saturated rings. The van der Waals surface area contributed by atoms with Gasteiger partial charge in [0.1, 0.15) is 17.5 Å². The quantitative estimate of drug-likeness (QED) is 0.380. The molecule has 7 nitrogen and oxygen atoms in total. The summed E-state index contributed by atoms with van der Waals surface area (Å²) in [7, 11) is 1.54. The second kappa shape index (κ2) is 6.75. The predicted octanol–water partition coefficient (Wildman–Crippen LogP) is 1.80. The molecule has 2 N–H and O–H groups in total. The molecular formula is C15H19N5O2. The SMILES string of the molecule is C=CC(C)O/N=C(\N)c1ccc(-n2cnc(C)c2)c(OC)n1. The lowest BCUT2D eigenvalue weighted by atomic mass is 10.3. The average Bonchev–Trinajstić information content (AvgIpc) is 2.97. The van der Waals surface area contributed by atoms with E-state index in [0.29, 0.717) is 11.6 Å². The summed E-state index contributed by atoms with van der Waals surface area (Å²) in [6, 6.07) is 3.58. The van der Waals surface area contributed by atoms with Crippen LogP contribution in [0.3, 0.4) is 0 Å². The Morgan fingerprint density at radius 1 is 1.50 bits per heavy atom. The number of amidine groups is 1. The van der Waals surface area contributed by atoms with Gasteiger partial charge in [-0.25, -0.2) is 9.97 Å². The number of methoxy groups -OCH3 is 1. The number of aromatic nitrogens is 3. The lowest BCUT2D eigenvalue weighted by Gasteiger charge is -2.10. The van der Waals surface area contributed by atoms with Crippen LogP contribution in [0, 0.1) is 6.92 Å². The number of hydrogen-bond donors (Lipinski definition) is 1. The molecule has 0 saturated carbocycles. The topological polar surface area (TPSA) is 87.6 Å². The standard InChI is InChI=1S/C15H19N5O2/c1-5-11(3)22-19-14(16)12-6-7-13(15(18-12)21-4)20-8-10(2)17-9-20/h5-9,11H,1H2,2-4H3,(H2,16,19). The van der Waals surface area contributed by atoms with Crippen LogP contribution in [0.15, 0.2) is 42.5 Å². The van der Waals surface area contributed by atoms with Crippen molar-refractivity contribution in [1.82, 2.24) is 14.5 Å². The largest absolute Gasteiger partial charge is 0.479 e. The van der Waals surface area contributed by atoms with Crippen LogP contribution in [0.1, 0.15) is 18.3 Å². The van der Waals surface area contributed by atoms with Gasteiger partial charge in [-0.1, -0.05) is 11.7 Å². The number of ether oxygens (including phenoxy) is 1. The molecule has 0 aromatic carbocycles. The zero-order chi connectivity index (χ0) is 16.1. The van der Waals surface area contributed by atoms with Crippen molar-refractivity contribution in [3.8, 4) is 11.6 Å². The van der Waals surface area contributed by atoms with Crippen LogP contribution in [0.25, 0.3) is 5.69 Å². The fourth-order valence-electron chi connectivity index (χ4n) is 1.71. The van der Waals surface area contributed by atoms with Crippen molar-refractivity contribution >= 4 is 5.84 Å². The van der Waals surface area contributed by atoms with Gasteiger partial charge in [0.25, 0.3) is 0 Å². The van der Waals surface area contributed by atoms with Gasteiger partial charge in [0.15, 0.2) is 5.84 Å². The molecule has 0 spiro atoms. The molecule has 1 atom stereocenters. The van der Waals surface area contributed by atoms with Crippen molar-refractivity contribution in [2.24, 2.45) is 10.9 Å². The number of imidazole rings is 1. The van der Waals surface area contributed by atoms with Gasteiger partial charge in [-0.3, -0.25) is 0 Å². The zero-order valence-electron chi connectivity index (χ0n) is 12.9. The van der Waals surface area contributed by atoms with E-state index < -0.39 is 0 Å². The van der Waals surface area contributed by atoms with E-state index in [1.54, 1.807) is 25.6 Å². The van der Waals surface area contributed by atoms with E-state index in [1.807, 2.05) is 30.7 Å². The van der Waals surface area contributed by atoms with Crippen LogP contribution in [-0.4, -0.2) is 33.6 Å². The molecule has 7 heteroatoms. The van der Waals surface area contributed by atoms with Crippen molar-refractivity contribution in [3.63, 3.8) is 0 Å². The highest BCUT2D eigenvalue weighted by Crippen LogP contribution is 2.21. The Morgan fingerprint density at radius 3 is 2.86 bits per heavy atom. The monoisotopic (exact) mass is 301 g/mol. The summed E-state index contributed by atoms with van der Waals surface area (Å²) in [5.41, 5.74) is 8.00. The highest BCUT2D eigenvalue weighted by Gasteiger charge is 2.11. The number of pyridine rings is 1. The number of aryl methyl sites for hydroxylation is 1. The van der Waals surface area contributed by atoms with Gasteiger partial charge in [0.05, 0.1) is 19.1 Å². The van der Waals surface area contributed by atoms with Crippen LogP contribution < -0.4 is 10.5 Å². The van der Waals surface area contributed by atoms with Crippen LogP contribution in [0.4, 0.5) is 0 Å². The van der Waals surface area contributed by atoms with E-state index in [1.165, 1.54) is 0 Å². The Morgan fingerprint density at radius 2 is 2.27 bits per heavy atom. The maximum absolute atomic E-state index is 5.87. The van der Waals surface area contributed by atoms with Crippen molar-refractivity contribution in [1.29, 1.82) is 0 Å². The minimum absolute atomic E-state index is 0.167. The van der Waals surface area contributed by atoms with Crippen molar-refractivity contribution in [2.75, 3.05) is 7.11 Å². The van der Waals surface area contributed by atoms with Crippen LogP contribution in [-0.2, 0) is 4.84 Å². The first-order valence-electron chi connectivity index (χ1n) is 6.73. The molecule has 2 aromatic heterocycles. The van der Waals surface area contributed by atoms with E-state index >= 15 is 0 Å². The average molecular weight is 301 g/mol. The van der Waals surface area contributed by atoms with Crippen molar-refractivity contribution in [2.45, 2.75) is 20.0 Å². The lowest BCUT2D eigenvalue weighted by molar-refractivity contribution is 0.106. The molecule has 116 valence electrons. The van der Waals surface area contributed by atoms with E-state index in [0.717, 1.165) is 11.4 Å². The van der Waals surface area contributed by atoms with Crippen molar-refractivity contribution < 1.29 is 9.57 Å². The molecule has 0 aliphatic carbocycles. The van der Waals surface area contributed by atoms with E-state index in [4.69, 9.17) is 15.3 Å². The molecule has 2 rings (SSSR count). The van der Waals surface area contributed by atoms with Crippen LogP contribution in [0.2, 0.25) is 0 Å². The molecule has 1 unspecified atom stereocenters. The third-order valence-corrected chi connectivity index (χ3v) is 2.94. The third kappa shape index (κ3) is 3.43. The van der Waals surface area contributed by atoms with Gasteiger partial charge in [-0.2, -0.15) is 0 Å². The van der Waals surface area contributed by atoms with Gasteiger partial charge in [-0.05, 0) is 32.1 Å². The molecule has 22 heavy (non-hydrogen) atoms. The van der Waals surface area contributed by atoms with Gasteiger partial charge in [0, 0.05) is 6.20 Å². The van der Waals surface area contributed by atoms with E-state index in [9.17, 15) is 0 Å². The second-order valence-corrected chi connectivity index (χ2v) is 4.67. The molecule has 0 aliphatic heterocycles. The smallest absolute Gasteiger partial charge is 0.238 e. The summed E-state index contributed by atoms with van der Waals surface area (Å²) < 4.78 is 7.15. The van der Waals surface area contributed by atoms with Crippen LogP contribution >= 0.6 is 0 Å². The summed E-state index contributed by atoms with van der Waals surface area (Å²) in [6.45, 7) is 7.32. The van der Waals surface area contributed by atoms with Crippen molar-refractivity contribution in [3.05, 3.63) is 48.7 Å². The third-order valence-electron chi connectivity index (χ3n) is 2.94. The highest BCUT2D eigenvalue weighted by molar-refractivity contribution is 5.95. The number of nitrogens with zero attached hydrogens (tertiary/aromatic N) is 4. The highest BCUT2D eigenvalue weighted by atomic mass is 16.6. The number of hydrogen-bond acceptors (Lipinski definition) is 5. The lowest BCUT2D eigenvalue weighted by Crippen LogP contribution is -2.17. The first-order chi connectivity index (χ1) is 10.5. The van der Waals surface area contributed by atoms with E-state index in [-0.39, 0.29) is 11.9 Å². The minimum atomic E-state index is -0.228. The summed E-state index contributed by atoms with van der Waals surface area (Å²) in [6.07, 6.45) is 4.97. The maximum atomic E-state index is 5.87. The normalized spacial score (nSPS) is 12.8. The predicted molar refractivity (Wildman–Crippen MR) is 84.1 cm³/mol. The minimum Gasteiger partial charge on any atom is -0.479 e. The molecule has 2 aromatic rings. The Hall–Kier alpha value is -2.83. The van der Waals surface area contributed by atoms with Gasteiger partial charge in [0.2, 0.25) is 5.88 Å². The molecule has 0 bridgehead atoms. The fourth-order valence-corrected chi connectivity index (χ4v) is 1.71. The first kappa shape index (κ1) is 15.6. The molecule has 0 aliphatic rings. The Balaban J connectivity index is 2.31. The summed E-state index contributed by atoms with van der Waals surface area (Å²) >= 11 is 0. The van der Waals surface area contributed by atoms with Crippen LogP contribution in [0.5, 0.6) is 5.88 Å². The fraction of sp³-hybridized carbons (Fsp3) is 0.267. The second-order valence-electron chi connectivity index (χ2n) is 4.67. The molecule has 0 amide bonds. The molecule has 2 heterocycles. The zero-order valence-corrected chi connectivity index (χ0v) is 12.9. The van der Waals surface area contributed by atoms with Gasteiger partial charge < -0.3 is 19.9 Å². The van der Waals surface area contributed by atoms with Gasteiger partial charge >= 0.3 is 0 Å². The van der Waals surface area contributed by atoms with E-state index in [2.05, 4.69) is 21.7 Å². The number of rotatable bonds is 6. The summed E-state index contributed by atoms with van der Waals surface area (Å²) in [4.78, 5) is 13.7. The Kier molecular flexibility index (Phi) is 4.77. The Labute approximate surface area is 129 Å². The summed E-state index contributed by atoms with van der Waals surface area (Å²) in [5.74, 6) is 0.588. The van der Waals surface area contributed by atoms with Gasteiger partial charge in [-0.15, -0.1) is 0 Å². The first-order valence-corrected chi connectivity index (χ1v) is 6.73. The molecule has 0 radical (unpaired) electrons. The maximum Gasteiger partial charge on any atom is 0.238 e. The number of nitrogens with two attached hydrogens (primary N) is 1. The summed E-state index contributed by atoms with van der Waals surface area (Å²) in [5, 5.41) is 3.83. The Bertz CT molecular complexity index is 693. The molecule has 0 saturated heterocycles. The number of oxime groups is 1.